The Hall–Kier alpha value is -0.0800. The van der Waals surface area contributed by atoms with Crippen LogP contribution in [0, 0.1) is 5.92 Å². The second kappa shape index (κ2) is 12.6. The highest BCUT2D eigenvalue weighted by atomic mass is 127. The summed E-state index contributed by atoms with van der Waals surface area (Å²) in [5.41, 5.74) is 0. The third-order valence-corrected chi connectivity index (χ3v) is 3.39. The molecular formula is C14H31IN4O. The average Bonchev–Trinajstić information content (AvgIpc) is 2.45. The highest BCUT2D eigenvalue weighted by Gasteiger charge is 2.09. The first kappa shape index (κ1) is 19.9. The Morgan fingerprint density at radius 3 is 2.55 bits per heavy atom. The van der Waals surface area contributed by atoms with Crippen LogP contribution in [-0.2, 0) is 0 Å². The molecule has 1 aliphatic rings. The van der Waals surface area contributed by atoms with Crippen molar-refractivity contribution < 1.29 is 5.11 Å². The molecule has 0 spiro atoms. The molecule has 3 N–H and O–H groups in total. The van der Waals surface area contributed by atoms with E-state index < -0.39 is 0 Å². The summed E-state index contributed by atoms with van der Waals surface area (Å²) >= 11 is 0. The number of aliphatic imine (C=N–C) groups is 1. The molecule has 1 atom stereocenters. The van der Waals surface area contributed by atoms with Crippen molar-refractivity contribution in [3.8, 4) is 0 Å². The van der Waals surface area contributed by atoms with Crippen molar-refractivity contribution in [2.75, 3.05) is 45.9 Å². The van der Waals surface area contributed by atoms with Crippen LogP contribution in [0.3, 0.4) is 0 Å². The van der Waals surface area contributed by atoms with Crippen LogP contribution >= 0.6 is 24.0 Å². The maximum absolute atomic E-state index is 9.01. The van der Waals surface area contributed by atoms with Crippen molar-refractivity contribution in [2.24, 2.45) is 10.9 Å². The van der Waals surface area contributed by atoms with E-state index in [-0.39, 0.29) is 36.5 Å². The second-order valence-corrected chi connectivity index (χ2v) is 5.34. The van der Waals surface area contributed by atoms with E-state index in [0.29, 0.717) is 6.54 Å². The van der Waals surface area contributed by atoms with Gasteiger partial charge in [0.25, 0.3) is 0 Å². The molecule has 0 radical (unpaired) electrons. The lowest BCUT2D eigenvalue weighted by atomic mass is 10.1. The number of rotatable bonds is 7. The first-order valence-corrected chi connectivity index (χ1v) is 7.61. The van der Waals surface area contributed by atoms with Crippen molar-refractivity contribution in [3.05, 3.63) is 0 Å². The Morgan fingerprint density at radius 2 is 1.95 bits per heavy atom. The Bertz CT molecular complexity index is 258. The van der Waals surface area contributed by atoms with Crippen molar-refractivity contribution in [2.45, 2.75) is 33.1 Å². The fraction of sp³-hybridized carbons (Fsp3) is 0.929. The summed E-state index contributed by atoms with van der Waals surface area (Å²) in [5.74, 6) is 1.08. The number of halogens is 1. The Kier molecular flexibility index (Phi) is 12.6. The molecule has 0 saturated carbocycles. The van der Waals surface area contributed by atoms with Crippen molar-refractivity contribution in [3.63, 3.8) is 0 Å². The number of aliphatic hydroxyl groups is 1. The van der Waals surface area contributed by atoms with Gasteiger partial charge in [0.05, 0.1) is 0 Å². The van der Waals surface area contributed by atoms with Gasteiger partial charge in [0.2, 0.25) is 0 Å². The number of likely N-dealkylation sites (tertiary alicyclic amines) is 1. The van der Waals surface area contributed by atoms with Crippen molar-refractivity contribution in [1.82, 2.24) is 15.5 Å². The quantitative estimate of drug-likeness (QED) is 0.344. The van der Waals surface area contributed by atoms with Crippen LogP contribution in [0.1, 0.15) is 33.1 Å². The zero-order valence-electron chi connectivity index (χ0n) is 12.9. The molecular weight excluding hydrogens is 367 g/mol. The molecule has 1 rings (SSSR count). The molecule has 6 heteroatoms. The van der Waals surface area contributed by atoms with Gasteiger partial charge in [0.15, 0.2) is 5.96 Å². The van der Waals surface area contributed by atoms with E-state index in [9.17, 15) is 0 Å². The molecule has 1 aliphatic heterocycles. The van der Waals surface area contributed by atoms with Gasteiger partial charge in [-0.1, -0.05) is 13.3 Å². The molecule has 5 nitrogen and oxygen atoms in total. The summed E-state index contributed by atoms with van der Waals surface area (Å²) in [5, 5.41) is 15.6. The van der Waals surface area contributed by atoms with Gasteiger partial charge >= 0.3 is 0 Å². The Balaban J connectivity index is 0.00000361. The largest absolute Gasteiger partial charge is 0.396 e. The van der Waals surface area contributed by atoms with E-state index in [0.717, 1.165) is 25.6 Å². The first-order chi connectivity index (χ1) is 9.26. The predicted molar refractivity (Wildman–Crippen MR) is 95.9 cm³/mol. The third kappa shape index (κ3) is 8.97. The van der Waals surface area contributed by atoms with E-state index in [4.69, 9.17) is 5.11 Å². The van der Waals surface area contributed by atoms with E-state index in [1.54, 1.807) is 0 Å². The molecule has 0 aromatic rings. The zero-order valence-corrected chi connectivity index (χ0v) is 15.2. The minimum absolute atomic E-state index is 0. The number of nitrogens with one attached hydrogen (secondary N) is 2. The number of guanidine groups is 1. The number of hydrogen-bond donors (Lipinski definition) is 3. The van der Waals surface area contributed by atoms with E-state index in [2.05, 4.69) is 27.4 Å². The minimum Gasteiger partial charge on any atom is -0.396 e. The van der Waals surface area contributed by atoms with Gasteiger partial charge in [-0.25, -0.2) is 0 Å². The van der Waals surface area contributed by atoms with Gasteiger partial charge in [-0.05, 0) is 38.8 Å². The molecule has 120 valence electrons. The van der Waals surface area contributed by atoms with Crippen LogP contribution in [0.25, 0.3) is 0 Å². The summed E-state index contributed by atoms with van der Waals surface area (Å²) in [6, 6.07) is 0. The fourth-order valence-corrected chi connectivity index (χ4v) is 2.16. The molecule has 1 heterocycles. The van der Waals surface area contributed by atoms with Crippen LogP contribution in [0.4, 0.5) is 0 Å². The van der Waals surface area contributed by atoms with Crippen LogP contribution < -0.4 is 10.6 Å². The van der Waals surface area contributed by atoms with E-state index in [1.807, 2.05) is 6.92 Å². The molecule has 0 bridgehead atoms. The van der Waals surface area contributed by atoms with E-state index >= 15 is 0 Å². The molecule has 0 amide bonds. The molecule has 20 heavy (non-hydrogen) atoms. The SMILES string of the molecule is CCNC(=NCC(C)CO)NCCN1CCCCC1.I. The standard InChI is InChI=1S/C14H30N4O.HI/c1-3-15-14(17-11-13(2)12-19)16-7-10-18-8-5-4-6-9-18;/h13,19H,3-12H2,1-2H3,(H2,15,16,17);1H. The average molecular weight is 398 g/mol. The van der Waals surface area contributed by atoms with Crippen molar-refractivity contribution >= 4 is 29.9 Å². The fourth-order valence-electron chi connectivity index (χ4n) is 2.16. The summed E-state index contributed by atoms with van der Waals surface area (Å²) in [6.07, 6.45) is 4.05. The summed E-state index contributed by atoms with van der Waals surface area (Å²) in [6.45, 7) is 10.3. The normalized spacial score (nSPS) is 18.2. The number of piperidine rings is 1. The van der Waals surface area contributed by atoms with Gasteiger partial charge in [0.1, 0.15) is 0 Å². The zero-order chi connectivity index (χ0) is 13.9. The van der Waals surface area contributed by atoms with Crippen LogP contribution in [0.15, 0.2) is 4.99 Å². The molecule has 1 unspecified atom stereocenters. The summed E-state index contributed by atoms with van der Waals surface area (Å²) < 4.78 is 0. The van der Waals surface area contributed by atoms with Gasteiger partial charge in [-0.15, -0.1) is 24.0 Å². The summed E-state index contributed by atoms with van der Waals surface area (Å²) in [4.78, 5) is 6.99. The van der Waals surface area contributed by atoms with Crippen LogP contribution in [0.2, 0.25) is 0 Å². The highest BCUT2D eigenvalue weighted by Crippen LogP contribution is 2.07. The lowest BCUT2D eigenvalue weighted by Crippen LogP contribution is -2.42. The molecule has 0 aliphatic carbocycles. The minimum atomic E-state index is 0. The molecule has 0 aromatic carbocycles. The lowest BCUT2D eigenvalue weighted by Gasteiger charge is -2.26. The molecule has 1 saturated heterocycles. The van der Waals surface area contributed by atoms with Crippen LogP contribution in [-0.4, -0.2) is 61.8 Å². The maximum Gasteiger partial charge on any atom is 0.191 e. The first-order valence-electron chi connectivity index (χ1n) is 7.61. The summed E-state index contributed by atoms with van der Waals surface area (Å²) in [7, 11) is 0. The number of hydrogen-bond acceptors (Lipinski definition) is 3. The lowest BCUT2D eigenvalue weighted by molar-refractivity contribution is 0.232. The maximum atomic E-state index is 9.01. The third-order valence-electron chi connectivity index (χ3n) is 3.39. The smallest absolute Gasteiger partial charge is 0.191 e. The van der Waals surface area contributed by atoms with Gasteiger partial charge in [-0.3, -0.25) is 4.99 Å². The predicted octanol–water partition coefficient (Wildman–Crippen LogP) is 1.27. The van der Waals surface area contributed by atoms with Gasteiger partial charge in [0, 0.05) is 32.8 Å². The van der Waals surface area contributed by atoms with Gasteiger partial charge in [-0.2, -0.15) is 0 Å². The topological polar surface area (TPSA) is 59.9 Å². The van der Waals surface area contributed by atoms with Crippen LogP contribution in [0.5, 0.6) is 0 Å². The second-order valence-electron chi connectivity index (χ2n) is 5.34. The highest BCUT2D eigenvalue weighted by molar-refractivity contribution is 14.0. The Morgan fingerprint density at radius 1 is 1.25 bits per heavy atom. The number of aliphatic hydroxyl groups excluding tert-OH is 1. The number of nitrogens with zero attached hydrogens (tertiary/aromatic N) is 2. The molecule has 0 aromatic heterocycles. The Labute approximate surface area is 140 Å². The van der Waals surface area contributed by atoms with Crippen molar-refractivity contribution in [1.29, 1.82) is 0 Å². The van der Waals surface area contributed by atoms with E-state index in [1.165, 1.54) is 32.4 Å². The monoisotopic (exact) mass is 398 g/mol. The van der Waals surface area contributed by atoms with Gasteiger partial charge < -0.3 is 20.6 Å². The molecule has 1 fully saturated rings.